The molecule has 3 aromatic carbocycles. The molecule has 0 aliphatic heterocycles. The Kier molecular flexibility index (Phi) is 6.47. The summed E-state index contributed by atoms with van der Waals surface area (Å²) in [5, 5.41) is 5.86. The number of nitrogens with zero attached hydrogens (tertiary/aromatic N) is 1. The van der Waals surface area contributed by atoms with Gasteiger partial charge in [0.1, 0.15) is 5.75 Å². The molecule has 0 saturated carbocycles. The van der Waals surface area contributed by atoms with E-state index in [0.29, 0.717) is 17.0 Å². The van der Waals surface area contributed by atoms with Gasteiger partial charge in [0.25, 0.3) is 5.91 Å². The second kappa shape index (κ2) is 9.41. The standard InChI is InChI=1S/C23H23N3O3/c1-26(20-8-4-3-5-9-20)23(28)17-11-13-18(14-12-17)24-16-22(27)25-19-7-6-10-21(15-19)29-2/h3-15,24H,16H2,1-2H3,(H,25,27). The molecule has 6 heteroatoms. The minimum absolute atomic E-state index is 0.0986. The number of hydrogen-bond acceptors (Lipinski definition) is 4. The number of carbonyl (C=O) groups is 2. The smallest absolute Gasteiger partial charge is 0.258 e. The Morgan fingerprint density at radius 3 is 2.31 bits per heavy atom. The van der Waals surface area contributed by atoms with Crippen molar-refractivity contribution in [1.29, 1.82) is 0 Å². The number of ether oxygens (including phenoxy) is 1. The van der Waals surface area contributed by atoms with E-state index in [-0.39, 0.29) is 18.4 Å². The van der Waals surface area contributed by atoms with Crippen LogP contribution in [0.1, 0.15) is 10.4 Å². The Bertz CT molecular complexity index is 972. The highest BCUT2D eigenvalue weighted by Gasteiger charge is 2.13. The number of methoxy groups -OCH3 is 1. The predicted octanol–water partition coefficient (Wildman–Crippen LogP) is 4.02. The van der Waals surface area contributed by atoms with Crippen molar-refractivity contribution in [2.24, 2.45) is 0 Å². The summed E-state index contributed by atoms with van der Waals surface area (Å²) in [6.07, 6.45) is 0. The number of nitrogens with one attached hydrogen (secondary N) is 2. The molecular formula is C23H23N3O3. The number of benzene rings is 3. The first-order valence-corrected chi connectivity index (χ1v) is 9.18. The molecular weight excluding hydrogens is 366 g/mol. The highest BCUT2D eigenvalue weighted by molar-refractivity contribution is 6.05. The molecule has 0 heterocycles. The van der Waals surface area contributed by atoms with Crippen LogP contribution in [0.3, 0.4) is 0 Å². The minimum atomic E-state index is -0.179. The lowest BCUT2D eigenvalue weighted by Crippen LogP contribution is -2.26. The monoisotopic (exact) mass is 389 g/mol. The normalized spacial score (nSPS) is 10.1. The van der Waals surface area contributed by atoms with E-state index in [4.69, 9.17) is 4.74 Å². The molecule has 0 atom stereocenters. The van der Waals surface area contributed by atoms with Gasteiger partial charge in [-0.05, 0) is 48.5 Å². The zero-order valence-corrected chi connectivity index (χ0v) is 16.4. The van der Waals surface area contributed by atoms with Crippen molar-refractivity contribution < 1.29 is 14.3 Å². The van der Waals surface area contributed by atoms with Crippen LogP contribution >= 0.6 is 0 Å². The maximum atomic E-state index is 12.6. The summed E-state index contributed by atoms with van der Waals surface area (Å²) in [5.41, 5.74) is 2.82. The fraction of sp³-hybridized carbons (Fsp3) is 0.130. The Morgan fingerprint density at radius 2 is 1.62 bits per heavy atom. The molecule has 0 aromatic heterocycles. The molecule has 0 radical (unpaired) electrons. The number of amides is 2. The molecule has 0 fully saturated rings. The van der Waals surface area contributed by atoms with Crippen LogP contribution in [0, 0.1) is 0 Å². The van der Waals surface area contributed by atoms with Crippen LogP contribution in [0.15, 0.2) is 78.9 Å². The van der Waals surface area contributed by atoms with Crippen molar-refractivity contribution >= 4 is 28.9 Å². The van der Waals surface area contributed by atoms with Crippen molar-refractivity contribution in [3.63, 3.8) is 0 Å². The molecule has 2 amide bonds. The topological polar surface area (TPSA) is 70.7 Å². The molecule has 0 saturated heterocycles. The van der Waals surface area contributed by atoms with Crippen molar-refractivity contribution in [1.82, 2.24) is 0 Å². The summed E-state index contributed by atoms with van der Waals surface area (Å²) < 4.78 is 5.14. The van der Waals surface area contributed by atoms with E-state index < -0.39 is 0 Å². The molecule has 3 aromatic rings. The highest BCUT2D eigenvalue weighted by atomic mass is 16.5. The average Bonchev–Trinajstić information content (AvgIpc) is 2.77. The lowest BCUT2D eigenvalue weighted by molar-refractivity contribution is -0.114. The Balaban J connectivity index is 1.55. The molecule has 6 nitrogen and oxygen atoms in total. The molecule has 0 aliphatic rings. The van der Waals surface area contributed by atoms with Crippen LogP contribution in [-0.2, 0) is 4.79 Å². The number of hydrogen-bond donors (Lipinski definition) is 2. The maximum absolute atomic E-state index is 12.6. The van der Waals surface area contributed by atoms with Gasteiger partial charge in [0.05, 0.1) is 13.7 Å². The predicted molar refractivity (Wildman–Crippen MR) is 116 cm³/mol. The van der Waals surface area contributed by atoms with Crippen LogP contribution in [-0.4, -0.2) is 32.5 Å². The van der Waals surface area contributed by atoms with Crippen molar-refractivity contribution in [2.75, 3.05) is 36.2 Å². The summed E-state index contributed by atoms with van der Waals surface area (Å²) in [6.45, 7) is 0.106. The third-order valence-corrected chi connectivity index (χ3v) is 4.39. The first-order valence-electron chi connectivity index (χ1n) is 9.18. The van der Waals surface area contributed by atoms with Gasteiger partial charge in [-0.2, -0.15) is 0 Å². The molecule has 0 unspecified atom stereocenters. The quantitative estimate of drug-likeness (QED) is 0.640. The van der Waals surface area contributed by atoms with Crippen LogP contribution in [0.25, 0.3) is 0 Å². The Morgan fingerprint density at radius 1 is 0.897 bits per heavy atom. The largest absolute Gasteiger partial charge is 0.497 e. The van der Waals surface area contributed by atoms with E-state index in [1.165, 1.54) is 0 Å². The van der Waals surface area contributed by atoms with Crippen LogP contribution in [0.5, 0.6) is 5.75 Å². The first kappa shape index (κ1) is 19.9. The van der Waals surface area contributed by atoms with E-state index in [1.807, 2.05) is 42.5 Å². The number of rotatable bonds is 7. The summed E-state index contributed by atoms with van der Waals surface area (Å²) in [5.74, 6) is 0.400. The molecule has 0 aliphatic carbocycles. The second-order valence-corrected chi connectivity index (χ2v) is 6.41. The van der Waals surface area contributed by atoms with Gasteiger partial charge in [-0.3, -0.25) is 9.59 Å². The van der Waals surface area contributed by atoms with Gasteiger partial charge < -0.3 is 20.3 Å². The van der Waals surface area contributed by atoms with Crippen molar-refractivity contribution in [2.45, 2.75) is 0 Å². The van der Waals surface area contributed by atoms with Gasteiger partial charge in [0, 0.05) is 35.7 Å². The minimum Gasteiger partial charge on any atom is -0.497 e. The summed E-state index contributed by atoms with van der Waals surface area (Å²) in [6, 6.07) is 23.7. The zero-order valence-electron chi connectivity index (χ0n) is 16.4. The highest BCUT2D eigenvalue weighted by Crippen LogP contribution is 2.18. The molecule has 148 valence electrons. The van der Waals surface area contributed by atoms with Crippen LogP contribution < -0.4 is 20.3 Å². The molecule has 29 heavy (non-hydrogen) atoms. The van der Waals surface area contributed by atoms with Gasteiger partial charge in [-0.25, -0.2) is 0 Å². The van der Waals surface area contributed by atoms with E-state index in [2.05, 4.69) is 10.6 Å². The number of carbonyl (C=O) groups excluding carboxylic acids is 2. The fourth-order valence-electron chi connectivity index (χ4n) is 2.78. The summed E-state index contributed by atoms with van der Waals surface area (Å²) >= 11 is 0. The van der Waals surface area contributed by atoms with Gasteiger partial charge in [-0.1, -0.05) is 24.3 Å². The molecule has 2 N–H and O–H groups in total. The maximum Gasteiger partial charge on any atom is 0.258 e. The Hall–Kier alpha value is -3.80. The van der Waals surface area contributed by atoms with E-state index in [9.17, 15) is 9.59 Å². The third kappa shape index (κ3) is 5.35. The van der Waals surface area contributed by atoms with Crippen molar-refractivity contribution in [3.8, 4) is 5.75 Å². The van der Waals surface area contributed by atoms with Crippen LogP contribution in [0.2, 0.25) is 0 Å². The van der Waals surface area contributed by atoms with Gasteiger partial charge in [0.15, 0.2) is 0 Å². The zero-order chi connectivity index (χ0) is 20.6. The molecule has 3 rings (SSSR count). The lowest BCUT2D eigenvalue weighted by Gasteiger charge is -2.17. The van der Waals surface area contributed by atoms with Gasteiger partial charge in [-0.15, -0.1) is 0 Å². The van der Waals surface area contributed by atoms with Crippen molar-refractivity contribution in [3.05, 3.63) is 84.4 Å². The van der Waals surface area contributed by atoms with E-state index >= 15 is 0 Å². The second-order valence-electron chi connectivity index (χ2n) is 6.41. The Labute approximate surface area is 170 Å². The first-order chi connectivity index (χ1) is 14.1. The van der Waals surface area contributed by atoms with Gasteiger partial charge in [0.2, 0.25) is 5.91 Å². The third-order valence-electron chi connectivity index (χ3n) is 4.39. The van der Waals surface area contributed by atoms with Gasteiger partial charge >= 0.3 is 0 Å². The lowest BCUT2D eigenvalue weighted by atomic mass is 10.1. The van der Waals surface area contributed by atoms with E-state index in [0.717, 1.165) is 11.4 Å². The fourth-order valence-corrected chi connectivity index (χ4v) is 2.78. The SMILES string of the molecule is COc1cccc(NC(=O)CNc2ccc(C(=O)N(C)c3ccccc3)cc2)c1. The molecule has 0 spiro atoms. The van der Waals surface area contributed by atoms with E-state index in [1.54, 1.807) is 55.5 Å². The molecule has 0 bridgehead atoms. The number of anilines is 3. The summed E-state index contributed by atoms with van der Waals surface area (Å²) in [4.78, 5) is 26.3. The number of para-hydroxylation sites is 1. The average molecular weight is 389 g/mol. The summed E-state index contributed by atoms with van der Waals surface area (Å²) in [7, 11) is 3.32. The van der Waals surface area contributed by atoms with Crippen LogP contribution in [0.4, 0.5) is 17.1 Å².